The third kappa shape index (κ3) is 2.50. The van der Waals surface area contributed by atoms with Crippen LogP contribution < -0.4 is 9.80 Å². The van der Waals surface area contributed by atoms with E-state index in [0.717, 1.165) is 11.6 Å². The Bertz CT molecular complexity index is 518. The second-order valence-electron chi connectivity index (χ2n) is 4.46. The first-order valence-corrected chi connectivity index (χ1v) is 6.46. The van der Waals surface area contributed by atoms with E-state index in [1.165, 1.54) is 0 Å². The zero-order valence-corrected chi connectivity index (χ0v) is 11.8. The molecule has 3 heterocycles. The Morgan fingerprint density at radius 3 is 1.67 bits per heavy atom. The second-order valence-corrected chi connectivity index (χ2v) is 4.46. The van der Waals surface area contributed by atoms with Crippen molar-refractivity contribution in [2.75, 3.05) is 30.7 Å². The van der Waals surface area contributed by atoms with Gasteiger partial charge < -0.3 is 19.3 Å². The van der Waals surface area contributed by atoms with Crippen LogP contribution in [0.4, 0.5) is 11.6 Å². The van der Waals surface area contributed by atoms with Gasteiger partial charge in [0, 0.05) is 39.0 Å². The molecule has 2 atom stereocenters. The average Bonchev–Trinajstić information content (AvgIpc) is 2.95. The fourth-order valence-electron chi connectivity index (χ4n) is 2.40. The molecule has 2 aromatic rings. The molecule has 0 amide bonds. The van der Waals surface area contributed by atoms with Crippen molar-refractivity contribution in [1.82, 2.24) is 19.9 Å². The maximum Gasteiger partial charge on any atom is 0.177 e. The van der Waals surface area contributed by atoms with E-state index in [1.54, 1.807) is 51.4 Å². The summed E-state index contributed by atoms with van der Waals surface area (Å²) in [6.45, 7) is 0.522. The van der Waals surface area contributed by atoms with Gasteiger partial charge in [0.15, 0.2) is 24.1 Å². The number of nitrogens with zero attached hydrogens (tertiary/aromatic N) is 6. The van der Waals surface area contributed by atoms with Crippen LogP contribution in [0, 0.1) is 0 Å². The summed E-state index contributed by atoms with van der Waals surface area (Å²) in [6.07, 6.45) is 9.33. The Balaban J connectivity index is 1.93. The van der Waals surface area contributed by atoms with Crippen LogP contribution in [-0.2, 0) is 9.47 Å². The van der Waals surface area contributed by atoms with E-state index in [9.17, 15) is 0 Å². The highest BCUT2D eigenvalue weighted by atomic mass is 16.6. The van der Waals surface area contributed by atoms with E-state index in [0.29, 0.717) is 6.67 Å². The summed E-state index contributed by atoms with van der Waals surface area (Å²) in [5.41, 5.74) is 0. The molecule has 3 rings (SSSR count). The minimum Gasteiger partial charge on any atom is -0.357 e. The van der Waals surface area contributed by atoms with Crippen molar-refractivity contribution in [3.05, 3.63) is 37.2 Å². The molecule has 8 nitrogen and oxygen atoms in total. The van der Waals surface area contributed by atoms with Crippen molar-refractivity contribution >= 4 is 11.6 Å². The summed E-state index contributed by atoms with van der Waals surface area (Å²) in [6, 6.07) is 0. The molecular weight excluding hydrogens is 272 g/mol. The summed E-state index contributed by atoms with van der Waals surface area (Å²) < 4.78 is 11.2. The monoisotopic (exact) mass is 288 g/mol. The van der Waals surface area contributed by atoms with Crippen molar-refractivity contribution in [2.24, 2.45) is 0 Å². The van der Waals surface area contributed by atoms with Crippen LogP contribution in [0.5, 0.6) is 0 Å². The fraction of sp³-hybridized carbons (Fsp3) is 0.385. The lowest BCUT2D eigenvalue weighted by Crippen LogP contribution is -2.40. The molecule has 0 N–H and O–H groups in total. The van der Waals surface area contributed by atoms with E-state index in [2.05, 4.69) is 19.9 Å². The Kier molecular flexibility index (Phi) is 3.89. The smallest absolute Gasteiger partial charge is 0.177 e. The highest BCUT2D eigenvalue weighted by Gasteiger charge is 2.42. The summed E-state index contributed by atoms with van der Waals surface area (Å²) >= 11 is 0. The molecule has 0 aliphatic carbocycles. The number of anilines is 2. The zero-order valence-electron chi connectivity index (χ0n) is 11.8. The minimum atomic E-state index is -0.311. The SMILES string of the molecule is CO[C@@H]1[C@@H](OC)N(c2cnccn2)CN1c1cnccn1. The Morgan fingerprint density at radius 2 is 1.33 bits per heavy atom. The van der Waals surface area contributed by atoms with Gasteiger partial charge in [-0.1, -0.05) is 0 Å². The number of rotatable bonds is 4. The van der Waals surface area contributed by atoms with Gasteiger partial charge in [0.1, 0.15) is 0 Å². The van der Waals surface area contributed by atoms with Crippen molar-refractivity contribution in [3.63, 3.8) is 0 Å². The molecule has 21 heavy (non-hydrogen) atoms. The van der Waals surface area contributed by atoms with Gasteiger partial charge in [-0.2, -0.15) is 0 Å². The standard InChI is InChI=1S/C13H16N6O2/c1-20-12-13(21-2)19(11-8-15-4-6-17-11)9-18(12)10-7-14-3-5-16-10/h3-8,12-13H,9H2,1-2H3/t12-,13-/m1/s1. The molecule has 8 heteroatoms. The first-order chi connectivity index (χ1) is 10.3. The molecule has 1 aliphatic heterocycles. The molecule has 0 unspecified atom stereocenters. The maximum atomic E-state index is 5.58. The largest absolute Gasteiger partial charge is 0.357 e. The zero-order chi connectivity index (χ0) is 14.7. The summed E-state index contributed by atoms with van der Waals surface area (Å²) in [5, 5.41) is 0. The maximum absolute atomic E-state index is 5.58. The van der Waals surface area contributed by atoms with Gasteiger partial charge >= 0.3 is 0 Å². The molecule has 1 saturated heterocycles. The molecule has 0 radical (unpaired) electrons. The summed E-state index contributed by atoms with van der Waals surface area (Å²) in [5.74, 6) is 1.44. The molecule has 1 fully saturated rings. The molecular formula is C13H16N6O2. The first kappa shape index (κ1) is 13.7. The predicted octanol–water partition coefficient (Wildman–Crippen LogP) is 0.496. The third-order valence-electron chi connectivity index (χ3n) is 3.33. The van der Waals surface area contributed by atoms with Crippen LogP contribution in [-0.4, -0.2) is 53.3 Å². The van der Waals surface area contributed by atoms with Gasteiger partial charge in [0.2, 0.25) is 0 Å². The highest BCUT2D eigenvalue weighted by Crippen LogP contribution is 2.29. The van der Waals surface area contributed by atoms with Crippen LogP contribution in [0.2, 0.25) is 0 Å². The van der Waals surface area contributed by atoms with E-state index < -0.39 is 0 Å². The van der Waals surface area contributed by atoms with Crippen LogP contribution in [0.15, 0.2) is 37.2 Å². The third-order valence-corrected chi connectivity index (χ3v) is 3.33. The van der Waals surface area contributed by atoms with Crippen LogP contribution >= 0.6 is 0 Å². The van der Waals surface area contributed by atoms with Gasteiger partial charge in [-0.25, -0.2) is 9.97 Å². The molecule has 2 aromatic heterocycles. The van der Waals surface area contributed by atoms with Crippen molar-refractivity contribution in [3.8, 4) is 0 Å². The summed E-state index contributed by atoms with van der Waals surface area (Å²) in [7, 11) is 3.28. The van der Waals surface area contributed by atoms with E-state index in [4.69, 9.17) is 9.47 Å². The number of hydrogen-bond acceptors (Lipinski definition) is 8. The van der Waals surface area contributed by atoms with Crippen molar-refractivity contribution < 1.29 is 9.47 Å². The fourth-order valence-corrected chi connectivity index (χ4v) is 2.40. The lowest BCUT2D eigenvalue weighted by molar-refractivity contribution is -0.0141. The van der Waals surface area contributed by atoms with Gasteiger partial charge in [-0.05, 0) is 0 Å². The van der Waals surface area contributed by atoms with E-state index in [-0.39, 0.29) is 12.5 Å². The second kappa shape index (κ2) is 5.98. The van der Waals surface area contributed by atoms with Gasteiger partial charge in [-0.15, -0.1) is 0 Å². The van der Waals surface area contributed by atoms with Crippen LogP contribution in [0.3, 0.4) is 0 Å². The quantitative estimate of drug-likeness (QED) is 0.805. The Morgan fingerprint density at radius 1 is 0.857 bits per heavy atom. The number of aromatic nitrogens is 4. The molecule has 0 saturated carbocycles. The molecule has 0 spiro atoms. The average molecular weight is 288 g/mol. The van der Waals surface area contributed by atoms with Crippen molar-refractivity contribution in [1.29, 1.82) is 0 Å². The van der Waals surface area contributed by atoms with Gasteiger partial charge in [0.05, 0.1) is 19.1 Å². The number of methoxy groups -OCH3 is 2. The Labute approximate surface area is 122 Å². The molecule has 110 valence electrons. The number of hydrogen-bond donors (Lipinski definition) is 0. The van der Waals surface area contributed by atoms with Gasteiger partial charge in [0.25, 0.3) is 0 Å². The van der Waals surface area contributed by atoms with Crippen LogP contribution in [0.1, 0.15) is 0 Å². The predicted molar refractivity (Wildman–Crippen MR) is 75.5 cm³/mol. The van der Waals surface area contributed by atoms with Gasteiger partial charge in [-0.3, -0.25) is 9.97 Å². The van der Waals surface area contributed by atoms with Crippen LogP contribution in [0.25, 0.3) is 0 Å². The van der Waals surface area contributed by atoms with Crippen molar-refractivity contribution in [2.45, 2.75) is 12.5 Å². The Hall–Kier alpha value is -2.32. The molecule has 1 aliphatic rings. The highest BCUT2D eigenvalue weighted by molar-refractivity contribution is 5.48. The summed E-state index contributed by atoms with van der Waals surface area (Å²) in [4.78, 5) is 20.8. The topological polar surface area (TPSA) is 76.5 Å². The molecule has 0 aromatic carbocycles. The lowest BCUT2D eigenvalue weighted by atomic mass is 10.4. The first-order valence-electron chi connectivity index (χ1n) is 6.46. The minimum absolute atomic E-state index is 0.311. The van der Waals surface area contributed by atoms with E-state index >= 15 is 0 Å². The number of ether oxygens (including phenoxy) is 2. The lowest BCUT2D eigenvalue weighted by Gasteiger charge is -2.25. The molecule has 0 bridgehead atoms. The van der Waals surface area contributed by atoms with E-state index in [1.807, 2.05) is 9.80 Å². The normalized spacial score (nSPS) is 21.8.